The van der Waals surface area contributed by atoms with Crippen LogP contribution in [0.5, 0.6) is 0 Å². The molecule has 6 heteroatoms. The molecule has 20 heavy (non-hydrogen) atoms. The third-order valence-corrected chi connectivity index (χ3v) is 3.84. The van der Waals surface area contributed by atoms with Crippen LogP contribution in [0, 0.1) is 12.8 Å². The van der Waals surface area contributed by atoms with Gasteiger partial charge in [0.15, 0.2) is 0 Å². The van der Waals surface area contributed by atoms with E-state index in [-0.39, 0.29) is 18.5 Å². The number of nitrogens with one attached hydrogen (secondary N) is 2. The van der Waals surface area contributed by atoms with E-state index in [4.69, 9.17) is 4.52 Å². The molecule has 2 aromatic heterocycles. The number of nitrogens with zero attached hydrogens (tertiary/aromatic N) is 1. The summed E-state index contributed by atoms with van der Waals surface area (Å²) >= 11 is 1.70. The third kappa shape index (κ3) is 3.91. The standard InChI is InChI=1S/C14H19N3O2S/c1-9(2)14(11-5-4-6-20-11)15-8-12(18)16-13-7-10(3)17-19-13/h4-7,9,14-15H,8H2,1-3H3,(H,16,18)/t14-/m0/s1. The quantitative estimate of drug-likeness (QED) is 0.859. The van der Waals surface area contributed by atoms with E-state index in [1.165, 1.54) is 4.88 Å². The first-order valence-electron chi connectivity index (χ1n) is 6.56. The van der Waals surface area contributed by atoms with Gasteiger partial charge in [-0.3, -0.25) is 10.1 Å². The van der Waals surface area contributed by atoms with Crippen LogP contribution in [0.3, 0.4) is 0 Å². The largest absolute Gasteiger partial charge is 0.338 e. The lowest BCUT2D eigenvalue weighted by atomic mass is 10.0. The first-order chi connectivity index (χ1) is 9.56. The number of carbonyl (C=O) groups excluding carboxylic acids is 1. The van der Waals surface area contributed by atoms with Gasteiger partial charge in [0.2, 0.25) is 11.8 Å². The lowest BCUT2D eigenvalue weighted by molar-refractivity contribution is -0.115. The van der Waals surface area contributed by atoms with E-state index >= 15 is 0 Å². The molecule has 0 radical (unpaired) electrons. The van der Waals surface area contributed by atoms with E-state index in [9.17, 15) is 4.79 Å². The lowest BCUT2D eigenvalue weighted by Gasteiger charge is -2.20. The van der Waals surface area contributed by atoms with Crippen molar-refractivity contribution in [3.63, 3.8) is 0 Å². The average Bonchev–Trinajstić information content (AvgIpc) is 3.01. The summed E-state index contributed by atoms with van der Waals surface area (Å²) in [6.45, 7) is 6.31. The molecule has 0 saturated carbocycles. The topological polar surface area (TPSA) is 67.2 Å². The number of anilines is 1. The van der Waals surface area contributed by atoms with Crippen molar-refractivity contribution >= 4 is 23.1 Å². The zero-order chi connectivity index (χ0) is 14.5. The van der Waals surface area contributed by atoms with Gasteiger partial charge in [-0.05, 0) is 24.3 Å². The maximum absolute atomic E-state index is 11.9. The fourth-order valence-electron chi connectivity index (χ4n) is 1.94. The Hall–Kier alpha value is -1.66. The van der Waals surface area contributed by atoms with Crippen molar-refractivity contribution in [2.45, 2.75) is 26.8 Å². The SMILES string of the molecule is Cc1cc(NC(=O)CN[C@H](c2cccs2)C(C)C)on1. The molecule has 0 aliphatic carbocycles. The van der Waals surface area contributed by atoms with E-state index in [0.29, 0.717) is 11.8 Å². The maximum Gasteiger partial charge on any atom is 0.240 e. The Bertz CT molecular complexity index is 549. The van der Waals surface area contributed by atoms with Gasteiger partial charge in [0.1, 0.15) is 0 Å². The van der Waals surface area contributed by atoms with E-state index < -0.39 is 0 Å². The molecule has 0 spiro atoms. The number of hydrogen-bond acceptors (Lipinski definition) is 5. The Morgan fingerprint density at radius 2 is 2.30 bits per heavy atom. The maximum atomic E-state index is 11.9. The van der Waals surface area contributed by atoms with Gasteiger partial charge >= 0.3 is 0 Å². The number of aromatic nitrogens is 1. The van der Waals surface area contributed by atoms with Crippen LogP contribution in [-0.4, -0.2) is 17.6 Å². The minimum absolute atomic E-state index is 0.136. The number of thiophene rings is 1. The molecular formula is C14H19N3O2S. The van der Waals surface area contributed by atoms with Crippen molar-refractivity contribution in [3.8, 4) is 0 Å². The van der Waals surface area contributed by atoms with Crippen LogP contribution in [-0.2, 0) is 4.79 Å². The molecular weight excluding hydrogens is 274 g/mol. The average molecular weight is 293 g/mol. The van der Waals surface area contributed by atoms with Crippen LogP contribution in [0.4, 0.5) is 5.88 Å². The molecule has 2 rings (SSSR count). The second kappa shape index (κ2) is 6.67. The molecule has 0 aromatic carbocycles. The molecule has 0 aliphatic heterocycles. The van der Waals surface area contributed by atoms with Crippen LogP contribution in [0.2, 0.25) is 0 Å². The third-order valence-electron chi connectivity index (χ3n) is 2.89. The summed E-state index contributed by atoms with van der Waals surface area (Å²) < 4.78 is 4.95. The van der Waals surface area contributed by atoms with Gasteiger partial charge in [-0.15, -0.1) is 11.3 Å². The molecule has 5 nitrogen and oxygen atoms in total. The number of rotatable bonds is 6. The van der Waals surface area contributed by atoms with Gasteiger partial charge in [-0.25, -0.2) is 0 Å². The zero-order valence-corrected chi connectivity index (χ0v) is 12.7. The molecule has 1 atom stereocenters. The predicted molar refractivity (Wildman–Crippen MR) is 79.8 cm³/mol. The molecule has 0 saturated heterocycles. The van der Waals surface area contributed by atoms with Crippen LogP contribution in [0.25, 0.3) is 0 Å². The lowest BCUT2D eigenvalue weighted by Crippen LogP contribution is -2.33. The van der Waals surface area contributed by atoms with Crippen molar-refractivity contribution in [3.05, 3.63) is 34.2 Å². The summed E-state index contributed by atoms with van der Waals surface area (Å²) in [5, 5.41) is 11.7. The monoisotopic (exact) mass is 293 g/mol. The van der Waals surface area contributed by atoms with Crippen LogP contribution < -0.4 is 10.6 Å². The molecule has 2 heterocycles. The minimum Gasteiger partial charge on any atom is -0.338 e. The molecule has 2 aromatic rings. The number of amides is 1. The Morgan fingerprint density at radius 3 is 2.85 bits per heavy atom. The van der Waals surface area contributed by atoms with Gasteiger partial charge < -0.3 is 9.84 Å². The number of hydrogen-bond donors (Lipinski definition) is 2. The van der Waals surface area contributed by atoms with Crippen molar-refractivity contribution < 1.29 is 9.32 Å². The Morgan fingerprint density at radius 1 is 1.50 bits per heavy atom. The molecule has 0 bridgehead atoms. The van der Waals surface area contributed by atoms with Crippen LogP contribution in [0.15, 0.2) is 28.1 Å². The molecule has 0 fully saturated rings. The summed E-state index contributed by atoms with van der Waals surface area (Å²) in [6, 6.07) is 5.98. The van der Waals surface area contributed by atoms with Gasteiger partial charge in [0.05, 0.1) is 12.2 Å². The molecule has 0 unspecified atom stereocenters. The smallest absolute Gasteiger partial charge is 0.240 e. The van der Waals surface area contributed by atoms with Crippen molar-refractivity contribution in [2.75, 3.05) is 11.9 Å². The minimum atomic E-state index is -0.136. The van der Waals surface area contributed by atoms with Crippen LogP contribution in [0.1, 0.15) is 30.5 Å². The van der Waals surface area contributed by atoms with Crippen molar-refractivity contribution in [1.82, 2.24) is 10.5 Å². The zero-order valence-electron chi connectivity index (χ0n) is 11.8. The van der Waals surface area contributed by atoms with Gasteiger partial charge in [-0.1, -0.05) is 25.1 Å². The van der Waals surface area contributed by atoms with Crippen molar-refractivity contribution in [2.24, 2.45) is 5.92 Å². The Balaban J connectivity index is 1.88. The number of carbonyl (C=O) groups is 1. The highest BCUT2D eigenvalue weighted by Gasteiger charge is 2.17. The summed E-state index contributed by atoms with van der Waals surface area (Å²) in [6.07, 6.45) is 0. The van der Waals surface area contributed by atoms with E-state index in [2.05, 4.69) is 35.7 Å². The molecule has 1 amide bonds. The van der Waals surface area contributed by atoms with Crippen molar-refractivity contribution in [1.29, 1.82) is 0 Å². The predicted octanol–water partition coefficient (Wildman–Crippen LogP) is 2.97. The van der Waals surface area contributed by atoms with Gasteiger partial charge in [0.25, 0.3) is 0 Å². The van der Waals surface area contributed by atoms with Gasteiger partial charge in [0, 0.05) is 17.0 Å². The van der Waals surface area contributed by atoms with E-state index in [1.807, 2.05) is 18.4 Å². The highest BCUT2D eigenvalue weighted by molar-refractivity contribution is 7.10. The fourth-order valence-corrected chi connectivity index (χ4v) is 2.91. The second-order valence-electron chi connectivity index (χ2n) is 5.00. The number of aryl methyl sites for hydroxylation is 1. The van der Waals surface area contributed by atoms with Gasteiger partial charge in [-0.2, -0.15) is 0 Å². The Kier molecular flexibility index (Phi) is 4.92. The first kappa shape index (κ1) is 14.7. The highest BCUT2D eigenvalue weighted by atomic mass is 32.1. The summed E-state index contributed by atoms with van der Waals surface area (Å²) in [4.78, 5) is 13.1. The summed E-state index contributed by atoms with van der Waals surface area (Å²) in [7, 11) is 0. The molecule has 0 aliphatic rings. The molecule has 2 N–H and O–H groups in total. The fraction of sp³-hybridized carbons (Fsp3) is 0.429. The van der Waals surface area contributed by atoms with E-state index in [1.54, 1.807) is 17.4 Å². The first-order valence-corrected chi connectivity index (χ1v) is 7.44. The van der Waals surface area contributed by atoms with E-state index in [0.717, 1.165) is 5.69 Å². The van der Waals surface area contributed by atoms with Crippen LogP contribution >= 0.6 is 11.3 Å². The highest BCUT2D eigenvalue weighted by Crippen LogP contribution is 2.25. The molecule has 108 valence electrons. The second-order valence-corrected chi connectivity index (χ2v) is 5.98. The summed E-state index contributed by atoms with van der Waals surface area (Å²) in [5.74, 6) is 0.656. The summed E-state index contributed by atoms with van der Waals surface area (Å²) in [5.41, 5.74) is 0.743. The Labute approximate surface area is 122 Å². The normalized spacial score (nSPS) is 12.6.